The van der Waals surface area contributed by atoms with E-state index in [1.54, 1.807) is 4.90 Å². The smallest absolute Gasteiger partial charge is 0.265 e. The van der Waals surface area contributed by atoms with E-state index in [0.29, 0.717) is 33.9 Å². The third-order valence-corrected chi connectivity index (χ3v) is 8.87. The van der Waals surface area contributed by atoms with E-state index in [9.17, 15) is 9.59 Å². The summed E-state index contributed by atoms with van der Waals surface area (Å²) >= 11 is 7.67. The molecule has 3 aromatic carbocycles. The molecule has 3 atom stereocenters. The Bertz CT molecular complexity index is 1340. The van der Waals surface area contributed by atoms with Crippen LogP contribution in [0.3, 0.4) is 0 Å². The van der Waals surface area contributed by atoms with Crippen molar-refractivity contribution >= 4 is 46.9 Å². The van der Waals surface area contributed by atoms with E-state index in [0.717, 1.165) is 34.6 Å². The van der Waals surface area contributed by atoms with Gasteiger partial charge in [-0.25, -0.2) is 0 Å². The molecule has 190 valence electrons. The summed E-state index contributed by atoms with van der Waals surface area (Å²) in [6, 6.07) is 23.3. The first-order chi connectivity index (χ1) is 17.9. The topological polar surface area (TPSA) is 49.4 Å². The fourth-order valence-corrected chi connectivity index (χ4v) is 6.43. The minimum Gasteiger partial charge on any atom is -0.349 e. The molecule has 1 saturated carbocycles. The van der Waals surface area contributed by atoms with E-state index in [1.165, 1.54) is 18.2 Å². The van der Waals surface area contributed by atoms with Crippen molar-refractivity contribution in [3.05, 3.63) is 99.4 Å². The fourth-order valence-electron chi connectivity index (χ4n) is 5.16. The van der Waals surface area contributed by atoms with Gasteiger partial charge in [0.15, 0.2) is 0 Å². The molecule has 2 amide bonds. The molecule has 4 nitrogen and oxygen atoms in total. The third kappa shape index (κ3) is 5.78. The summed E-state index contributed by atoms with van der Waals surface area (Å²) in [4.78, 5) is 29.9. The van der Waals surface area contributed by atoms with Gasteiger partial charge in [0.1, 0.15) is 0 Å². The molecule has 2 aliphatic rings. The van der Waals surface area contributed by atoms with Crippen LogP contribution in [-0.4, -0.2) is 17.9 Å². The van der Waals surface area contributed by atoms with Gasteiger partial charge in [-0.1, -0.05) is 86.5 Å². The highest BCUT2D eigenvalue weighted by Gasteiger charge is 2.30. The SMILES string of the molecule is C[C@H]1[C@H](C)CCC[C@H]1NC(=O)c1ccc(/C=C2/Sc3ccccc3N(Cc3cccc(Cl)c3)C2=O)cc1. The lowest BCUT2D eigenvalue weighted by molar-refractivity contribution is -0.114. The molecule has 0 bridgehead atoms. The zero-order valence-electron chi connectivity index (χ0n) is 21.1. The quantitative estimate of drug-likeness (QED) is 0.346. The van der Waals surface area contributed by atoms with Crippen molar-refractivity contribution in [2.45, 2.75) is 50.6 Å². The summed E-state index contributed by atoms with van der Waals surface area (Å²) < 4.78 is 0. The van der Waals surface area contributed by atoms with Gasteiger partial charge >= 0.3 is 0 Å². The molecule has 0 aromatic heterocycles. The van der Waals surface area contributed by atoms with Gasteiger partial charge in [0.05, 0.1) is 17.1 Å². The highest BCUT2D eigenvalue weighted by molar-refractivity contribution is 8.04. The first kappa shape index (κ1) is 25.6. The number of nitrogens with zero attached hydrogens (tertiary/aromatic N) is 1. The first-order valence-electron chi connectivity index (χ1n) is 12.8. The number of hydrogen-bond acceptors (Lipinski definition) is 3. The average Bonchev–Trinajstić information content (AvgIpc) is 2.89. The molecule has 1 aliphatic carbocycles. The summed E-state index contributed by atoms with van der Waals surface area (Å²) in [6.45, 7) is 4.94. The van der Waals surface area contributed by atoms with Gasteiger partial charge in [-0.05, 0) is 71.9 Å². The second-order valence-corrected chi connectivity index (χ2v) is 11.6. The number of rotatable bonds is 5. The first-order valence-corrected chi connectivity index (χ1v) is 14.0. The Hall–Kier alpha value is -3.02. The number of carbonyl (C=O) groups excluding carboxylic acids is 2. The van der Waals surface area contributed by atoms with Gasteiger partial charge in [0, 0.05) is 21.5 Å². The van der Waals surface area contributed by atoms with Crippen molar-refractivity contribution in [2.24, 2.45) is 11.8 Å². The van der Waals surface area contributed by atoms with Crippen molar-refractivity contribution in [3.8, 4) is 0 Å². The highest BCUT2D eigenvalue weighted by Crippen LogP contribution is 2.42. The van der Waals surface area contributed by atoms with Crippen molar-refractivity contribution in [3.63, 3.8) is 0 Å². The Labute approximate surface area is 228 Å². The summed E-state index contributed by atoms with van der Waals surface area (Å²) in [5.74, 6) is 1.02. The van der Waals surface area contributed by atoms with Gasteiger partial charge in [-0.15, -0.1) is 0 Å². The lowest BCUT2D eigenvalue weighted by atomic mass is 9.78. The van der Waals surface area contributed by atoms with Crippen LogP contribution in [0, 0.1) is 11.8 Å². The van der Waals surface area contributed by atoms with Crippen LogP contribution in [0.15, 0.2) is 82.6 Å². The summed E-state index contributed by atoms with van der Waals surface area (Å²) in [7, 11) is 0. The van der Waals surface area contributed by atoms with E-state index in [1.807, 2.05) is 78.9 Å². The molecule has 1 N–H and O–H groups in total. The second-order valence-electron chi connectivity index (χ2n) is 10.1. The number of anilines is 1. The Morgan fingerprint density at radius 1 is 1.05 bits per heavy atom. The van der Waals surface area contributed by atoms with Crippen LogP contribution in [0.25, 0.3) is 6.08 Å². The predicted octanol–water partition coefficient (Wildman–Crippen LogP) is 7.57. The minimum absolute atomic E-state index is 0.0325. The summed E-state index contributed by atoms with van der Waals surface area (Å²) in [5.41, 5.74) is 3.39. The number of nitrogens with one attached hydrogen (secondary N) is 1. The monoisotopic (exact) mass is 530 g/mol. The maximum atomic E-state index is 13.6. The van der Waals surface area contributed by atoms with Gasteiger partial charge in [-0.3, -0.25) is 9.59 Å². The molecule has 0 spiro atoms. The highest BCUT2D eigenvalue weighted by atomic mass is 35.5. The van der Waals surface area contributed by atoms with Gasteiger partial charge in [0.25, 0.3) is 11.8 Å². The van der Waals surface area contributed by atoms with E-state index in [-0.39, 0.29) is 17.9 Å². The largest absolute Gasteiger partial charge is 0.349 e. The molecule has 0 radical (unpaired) electrons. The van der Waals surface area contributed by atoms with Crippen molar-refractivity contribution < 1.29 is 9.59 Å². The molecule has 0 unspecified atom stereocenters. The van der Waals surface area contributed by atoms with Crippen molar-refractivity contribution in [2.75, 3.05) is 4.90 Å². The molecule has 5 rings (SSSR count). The molecule has 0 saturated heterocycles. The Morgan fingerprint density at radius 3 is 2.62 bits per heavy atom. The van der Waals surface area contributed by atoms with Crippen LogP contribution in [0.5, 0.6) is 0 Å². The van der Waals surface area contributed by atoms with Crippen LogP contribution < -0.4 is 10.2 Å². The number of thioether (sulfide) groups is 1. The summed E-state index contributed by atoms with van der Waals surface area (Å²) in [5, 5.41) is 3.89. The normalized spacial score (nSPS) is 22.6. The number of fused-ring (bicyclic) bond motifs is 1. The Kier molecular flexibility index (Phi) is 7.73. The minimum atomic E-state index is -0.0501. The zero-order valence-corrected chi connectivity index (χ0v) is 22.7. The van der Waals surface area contributed by atoms with E-state index in [2.05, 4.69) is 19.2 Å². The Balaban J connectivity index is 1.34. The predicted molar refractivity (Wildman–Crippen MR) is 153 cm³/mol. The third-order valence-electron chi connectivity index (χ3n) is 7.56. The van der Waals surface area contributed by atoms with Crippen LogP contribution in [0.1, 0.15) is 54.6 Å². The van der Waals surface area contributed by atoms with E-state index >= 15 is 0 Å². The number of amides is 2. The number of hydrogen-bond donors (Lipinski definition) is 1. The standard InChI is InChI=1S/C31H31ClN2O2S/c1-20-7-5-10-26(21(20)2)33-30(35)24-15-13-22(14-16-24)18-29-31(36)34(19-23-8-6-9-25(32)17-23)27-11-3-4-12-28(27)37-29/h3-4,6,8-9,11-18,20-21,26H,5,7,10,19H2,1-2H3,(H,33,35)/b29-18+/t20-,21+,26-/m1/s1. The fraction of sp³-hybridized carbons (Fsp3) is 0.290. The molecule has 3 aromatic rings. The molecule has 37 heavy (non-hydrogen) atoms. The van der Waals surface area contributed by atoms with Crippen LogP contribution >= 0.6 is 23.4 Å². The molecular formula is C31H31ClN2O2S. The van der Waals surface area contributed by atoms with Crippen LogP contribution in [0.2, 0.25) is 5.02 Å². The van der Waals surface area contributed by atoms with Gasteiger partial charge in [0.2, 0.25) is 0 Å². The van der Waals surface area contributed by atoms with Crippen molar-refractivity contribution in [1.82, 2.24) is 5.32 Å². The number of para-hydroxylation sites is 1. The van der Waals surface area contributed by atoms with Gasteiger partial charge in [-0.2, -0.15) is 0 Å². The molecule has 6 heteroatoms. The van der Waals surface area contributed by atoms with Gasteiger partial charge < -0.3 is 10.2 Å². The van der Waals surface area contributed by atoms with Crippen molar-refractivity contribution in [1.29, 1.82) is 0 Å². The zero-order chi connectivity index (χ0) is 25.9. The maximum Gasteiger partial charge on any atom is 0.265 e. The van der Waals surface area contributed by atoms with Crippen LogP contribution in [0.4, 0.5) is 5.69 Å². The molecular weight excluding hydrogens is 500 g/mol. The molecule has 1 heterocycles. The van der Waals surface area contributed by atoms with E-state index in [4.69, 9.17) is 11.6 Å². The number of benzene rings is 3. The second kappa shape index (κ2) is 11.2. The lowest BCUT2D eigenvalue weighted by Crippen LogP contribution is -2.43. The molecule has 1 fully saturated rings. The molecule has 1 aliphatic heterocycles. The number of halogens is 1. The maximum absolute atomic E-state index is 13.6. The lowest BCUT2D eigenvalue weighted by Gasteiger charge is -2.34. The Morgan fingerprint density at radius 2 is 1.84 bits per heavy atom. The number of carbonyl (C=O) groups is 2. The van der Waals surface area contributed by atoms with Crippen LogP contribution in [-0.2, 0) is 11.3 Å². The average molecular weight is 531 g/mol. The van der Waals surface area contributed by atoms with E-state index < -0.39 is 0 Å². The summed E-state index contributed by atoms with van der Waals surface area (Å²) in [6.07, 6.45) is 5.33.